The van der Waals surface area contributed by atoms with Crippen LogP contribution in [0.4, 0.5) is 5.69 Å². The summed E-state index contributed by atoms with van der Waals surface area (Å²) in [5, 5.41) is 12.8. The molecule has 2 aliphatic heterocycles. The Morgan fingerprint density at radius 3 is 2.73 bits per heavy atom. The quantitative estimate of drug-likeness (QED) is 0.442. The second-order valence-electron chi connectivity index (χ2n) is 10.4. The SMILES string of the molecule is C[C@H]1CN([C@@H](C)CO)C(=O)c2cccc(NC(=O)c3ccncc3)c2O[C@@H]1CN(C)Cc1ccc2c(c1)OCO2. The number of carbonyl (C=O) groups excluding carboxylic acids is 2. The fourth-order valence-corrected chi connectivity index (χ4v) is 4.98. The number of hydrogen-bond donors (Lipinski definition) is 2. The molecule has 10 heteroatoms. The molecule has 0 fully saturated rings. The highest BCUT2D eigenvalue weighted by Crippen LogP contribution is 2.36. The van der Waals surface area contributed by atoms with Crippen molar-refractivity contribution in [3.8, 4) is 17.2 Å². The molecule has 2 N–H and O–H groups in total. The highest BCUT2D eigenvalue weighted by molar-refractivity contribution is 6.07. The Kier molecular flexibility index (Phi) is 8.18. The molecule has 2 aromatic carbocycles. The Morgan fingerprint density at radius 2 is 1.95 bits per heavy atom. The lowest BCUT2D eigenvalue weighted by atomic mass is 9.98. The number of pyridine rings is 1. The summed E-state index contributed by atoms with van der Waals surface area (Å²) in [7, 11) is 2.01. The minimum atomic E-state index is -0.386. The van der Waals surface area contributed by atoms with Crippen LogP contribution in [0, 0.1) is 5.92 Å². The van der Waals surface area contributed by atoms with Gasteiger partial charge in [-0.05, 0) is 55.9 Å². The average molecular weight is 547 g/mol. The third kappa shape index (κ3) is 5.88. The molecule has 0 unspecified atom stereocenters. The van der Waals surface area contributed by atoms with Gasteiger partial charge in [-0.25, -0.2) is 0 Å². The van der Waals surface area contributed by atoms with Gasteiger partial charge in [0.25, 0.3) is 11.8 Å². The van der Waals surface area contributed by atoms with Crippen LogP contribution in [0.25, 0.3) is 0 Å². The monoisotopic (exact) mass is 546 g/mol. The van der Waals surface area contributed by atoms with Crippen LogP contribution in [0.1, 0.15) is 40.1 Å². The van der Waals surface area contributed by atoms with Crippen molar-refractivity contribution >= 4 is 17.5 Å². The van der Waals surface area contributed by atoms with E-state index in [9.17, 15) is 14.7 Å². The Balaban J connectivity index is 1.43. The first kappa shape index (κ1) is 27.4. The Labute approximate surface area is 233 Å². The molecular weight excluding hydrogens is 512 g/mol. The average Bonchev–Trinajstić information content (AvgIpc) is 3.43. The summed E-state index contributed by atoms with van der Waals surface area (Å²) in [4.78, 5) is 34.5. The molecule has 10 nitrogen and oxygen atoms in total. The number of fused-ring (bicyclic) bond motifs is 2. The maximum atomic E-state index is 13.7. The second kappa shape index (κ2) is 11.9. The Morgan fingerprint density at radius 1 is 1.18 bits per heavy atom. The van der Waals surface area contributed by atoms with Gasteiger partial charge in [0, 0.05) is 43.5 Å². The topological polar surface area (TPSA) is 113 Å². The smallest absolute Gasteiger partial charge is 0.258 e. The summed E-state index contributed by atoms with van der Waals surface area (Å²) in [5.74, 6) is 1.13. The summed E-state index contributed by atoms with van der Waals surface area (Å²) in [6, 6.07) is 13.9. The second-order valence-corrected chi connectivity index (χ2v) is 10.4. The molecule has 40 heavy (non-hydrogen) atoms. The number of ether oxygens (including phenoxy) is 3. The molecule has 5 rings (SSSR count). The predicted octanol–water partition coefficient (Wildman–Crippen LogP) is 3.41. The van der Waals surface area contributed by atoms with Crippen LogP contribution < -0.4 is 19.5 Å². The number of aliphatic hydroxyl groups is 1. The van der Waals surface area contributed by atoms with E-state index in [-0.39, 0.29) is 43.3 Å². The van der Waals surface area contributed by atoms with E-state index in [1.54, 1.807) is 47.6 Å². The zero-order valence-corrected chi connectivity index (χ0v) is 22.9. The maximum absolute atomic E-state index is 13.7. The van der Waals surface area contributed by atoms with Gasteiger partial charge < -0.3 is 29.5 Å². The molecule has 0 radical (unpaired) electrons. The predicted molar refractivity (Wildman–Crippen MR) is 149 cm³/mol. The van der Waals surface area contributed by atoms with Crippen molar-refractivity contribution < 1.29 is 28.9 Å². The van der Waals surface area contributed by atoms with Crippen LogP contribution >= 0.6 is 0 Å². The highest BCUT2D eigenvalue weighted by atomic mass is 16.7. The van der Waals surface area contributed by atoms with E-state index in [2.05, 4.69) is 15.2 Å². The molecule has 0 saturated heterocycles. The van der Waals surface area contributed by atoms with Crippen LogP contribution in [0.2, 0.25) is 0 Å². The van der Waals surface area contributed by atoms with Crippen molar-refractivity contribution in [2.75, 3.05) is 38.9 Å². The summed E-state index contributed by atoms with van der Waals surface area (Å²) in [6.07, 6.45) is 2.78. The van der Waals surface area contributed by atoms with E-state index in [1.807, 2.05) is 39.1 Å². The molecular formula is C30H34N4O6. The zero-order valence-electron chi connectivity index (χ0n) is 22.9. The number of nitrogens with zero attached hydrogens (tertiary/aromatic N) is 3. The van der Waals surface area contributed by atoms with E-state index >= 15 is 0 Å². The van der Waals surface area contributed by atoms with Crippen molar-refractivity contribution in [3.63, 3.8) is 0 Å². The molecule has 0 saturated carbocycles. The molecule has 0 spiro atoms. The number of para-hydroxylation sites is 1. The third-order valence-corrected chi connectivity index (χ3v) is 7.26. The van der Waals surface area contributed by atoms with E-state index in [0.717, 1.165) is 17.1 Å². The Hall–Kier alpha value is -4.15. The van der Waals surface area contributed by atoms with Crippen LogP contribution in [-0.2, 0) is 6.54 Å². The van der Waals surface area contributed by atoms with Gasteiger partial charge in [-0.3, -0.25) is 19.5 Å². The summed E-state index contributed by atoms with van der Waals surface area (Å²) < 4.78 is 17.6. The first-order valence-corrected chi connectivity index (χ1v) is 13.3. The van der Waals surface area contributed by atoms with Gasteiger partial charge in [-0.2, -0.15) is 0 Å². The van der Waals surface area contributed by atoms with Crippen molar-refractivity contribution in [1.82, 2.24) is 14.8 Å². The van der Waals surface area contributed by atoms with E-state index in [1.165, 1.54) is 0 Å². The van der Waals surface area contributed by atoms with E-state index in [0.29, 0.717) is 42.2 Å². The van der Waals surface area contributed by atoms with Gasteiger partial charge in [0.1, 0.15) is 6.10 Å². The number of rotatable bonds is 8. The lowest BCUT2D eigenvalue weighted by Crippen LogP contribution is -2.49. The van der Waals surface area contributed by atoms with Gasteiger partial charge in [-0.1, -0.05) is 19.1 Å². The fraction of sp³-hybridized carbons (Fsp3) is 0.367. The molecule has 210 valence electrons. The van der Waals surface area contributed by atoms with E-state index < -0.39 is 0 Å². The van der Waals surface area contributed by atoms with Crippen LogP contribution in [0.5, 0.6) is 17.2 Å². The number of hydrogen-bond acceptors (Lipinski definition) is 8. The zero-order chi connectivity index (χ0) is 28.2. The first-order chi connectivity index (χ1) is 19.3. The molecule has 2 aliphatic rings. The van der Waals surface area contributed by atoms with Crippen molar-refractivity contribution in [1.29, 1.82) is 0 Å². The summed E-state index contributed by atoms with van der Waals surface area (Å²) in [5.41, 5.74) is 2.25. The number of anilines is 1. The van der Waals surface area contributed by atoms with Crippen LogP contribution in [0.15, 0.2) is 60.9 Å². The molecule has 2 amide bonds. The number of carbonyl (C=O) groups is 2. The summed E-state index contributed by atoms with van der Waals surface area (Å²) >= 11 is 0. The number of likely N-dealkylation sites (N-methyl/N-ethyl adjacent to an activating group) is 1. The van der Waals surface area contributed by atoms with Gasteiger partial charge >= 0.3 is 0 Å². The number of nitrogens with one attached hydrogen (secondary N) is 1. The lowest BCUT2D eigenvalue weighted by Gasteiger charge is -2.38. The normalized spacial score (nSPS) is 18.9. The number of aromatic nitrogens is 1. The van der Waals surface area contributed by atoms with Gasteiger partial charge in [-0.15, -0.1) is 0 Å². The highest BCUT2D eigenvalue weighted by Gasteiger charge is 2.34. The number of benzene rings is 2. The minimum Gasteiger partial charge on any atom is -0.486 e. The van der Waals surface area contributed by atoms with Crippen LogP contribution in [0.3, 0.4) is 0 Å². The Bertz CT molecular complexity index is 1370. The number of aliphatic hydroxyl groups excluding tert-OH is 1. The molecule has 0 bridgehead atoms. The molecule has 1 aromatic heterocycles. The van der Waals surface area contributed by atoms with Gasteiger partial charge in [0.2, 0.25) is 6.79 Å². The molecule has 0 aliphatic carbocycles. The van der Waals surface area contributed by atoms with Crippen LogP contribution in [-0.4, -0.2) is 77.4 Å². The largest absolute Gasteiger partial charge is 0.486 e. The fourth-order valence-electron chi connectivity index (χ4n) is 4.98. The number of amides is 2. The van der Waals surface area contributed by atoms with E-state index in [4.69, 9.17) is 14.2 Å². The lowest BCUT2D eigenvalue weighted by molar-refractivity contribution is 0.0343. The molecule has 3 aromatic rings. The molecule has 3 heterocycles. The summed E-state index contributed by atoms with van der Waals surface area (Å²) in [6.45, 7) is 5.53. The first-order valence-electron chi connectivity index (χ1n) is 13.3. The van der Waals surface area contributed by atoms with Crippen molar-refractivity contribution in [3.05, 3.63) is 77.6 Å². The van der Waals surface area contributed by atoms with Gasteiger partial charge in [0.15, 0.2) is 17.2 Å². The van der Waals surface area contributed by atoms with Gasteiger partial charge in [0.05, 0.1) is 23.9 Å². The maximum Gasteiger partial charge on any atom is 0.258 e. The van der Waals surface area contributed by atoms with Crippen molar-refractivity contribution in [2.45, 2.75) is 32.5 Å². The third-order valence-electron chi connectivity index (χ3n) is 7.26. The minimum absolute atomic E-state index is 0.0748. The standard InChI is InChI=1S/C30H34N4O6/c1-19-14-34(20(2)17-35)30(37)23-5-4-6-24(32-29(36)22-9-11-31-12-10-22)28(23)40-27(19)16-33(3)15-21-7-8-25-26(13-21)39-18-38-25/h4-13,19-20,27,35H,14-18H2,1-3H3,(H,32,36)/t19-,20-,27+/m0/s1. The molecule has 3 atom stereocenters. The van der Waals surface area contributed by atoms with Crippen molar-refractivity contribution in [2.24, 2.45) is 5.92 Å².